The minimum Gasteiger partial charge on any atom is -0.363 e. The summed E-state index contributed by atoms with van der Waals surface area (Å²) in [5, 5.41) is 8.88. The van der Waals surface area contributed by atoms with Crippen LogP contribution >= 0.6 is 22.7 Å². The Morgan fingerprint density at radius 1 is 0.725 bits per heavy atom. The summed E-state index contributed by atoms with van der Waals surface area (Å²) in [4.78, 5) is 7.21. The van der Waals surface area contributed by atoms with Crippen molar-refractivity contribution in [1.82, 2.24) is 4.98 Å². The molecule has 40 heavy (non-hydrogen) atoms. The molecule has 0 amide bonds. The van der Waals surface area contributed by atoms with Crippen molar-refractivity contribution in [3.63, 3.8) is 0 Å². The molecule has 3 aromatic carbocycles. The maximum atomic E-state index is 4.75. The molecule has 9 heteroatoms. The third-order valence-corrected chi connectivity index (χ3v) is 8.77. The van der Waals surface area contributed by atoms with E-state index >= 15 is 0 Å². The van der Waals surface area contributed by atoms with Gasteiger partial charge in [0.2, 0.25) is 0 Å². The molecule has 0 atom stereocenters. The van der Waals surface area contributed by atoms with Crippen LogP contribution in [0.3, 0.4) is 0 Å². The molecule has 1 aliphatic rings. The molecule has 204 valence electrons. The number of thiophene rings is 1. The summed E-state index contributed by atoms with van der Waals surface area (Å²) >= 11 is 3.40. The molecule has 0 radical (unpaired) electrons. The minimum absolute atomic E-state index is 0.880. The molecular weight excluding hydrogens is 535 g/mol. The van der Waals surface area contributed by atoms with Crippen molar-refractivity contribution in [3.05, 3.63) is 95.4 Å². The third kappa shape index (κ3) is 6.16. The Kier molecular flexibility index (Phi) is 7.74. The van der Waals surface area contributed by atoms with Crippen molar-refractivity contribution < 1.29 is 0 Å². The lowest BCUT2D eigenvalue weighted by Gasteiger charge is -2.16. The Morgan fingerprint density at radius 3 is 2.15 bits per heavy atom. The lowest BCUT2D eigenvalue weighted by atomic mass is 10.1. The monoisotopic (exact) mass is 567 g/mol. The average Bonchev–Trinajstić information content (AvgIpc) is 3.76. The van der Waals surface area contributed by atoms with Gasteiger partial charge in [0.15, 0.2) is 5.13 Å². The number of benzene rings is 3. The number of hydrazine groups is 2. The molecule has 2 aromatic heterocycles. The molecule has 1 fully saturated rings. The van der Waals surface area contributed by atoms with E-state index in [4.69, 9.17) is 4.98 Å². The van der Waals surface area contributed by atoms with E-state index in [9.17, 15) is 0 Å². The number of thiazole rings is 1. The van der Waals surface area contributed by atoms with Crippen LogP contribution in [-0.4, -0.2) is 18.1 Å². The largest absolute Gasteiger partial charge is 0.363 e. The van der Waals surface area contributed by atoms with E-state index < -0.39 is 0 Å². The van der Waals surface area contributed by atoms with Gasteiger partial charge < -0.3 is 26.5 Å². The number of nitrogens with zero attached hydrogens (tertiary/aromatic N) is 2. The van der Waals surface area contributed by atoms with Crippen LogP contribution in [0.2, 0.25) is 0 Å². The van der Waals surface area contributed by atoms with Crippen molar-refractivity contribution in [2.75, 3.05) is 45.0 Å². The molecule has 5 N–H and O–H groups in total. The fraction of sp³-hybridized carbons (Fsp3) is 0.194. The first-order valence-electron chi connectivity index (χ1n) is 13.5. The molecule has 7 nitrogen and oxygen atoms in total. The second kappa shape index (κ2) is 11.9. The van der Waals surface area contributed by atoms with E-state index in [1.165, 1.54) is 17.8 Å². The van der Waals surface area contributed by atoms with Crippen molar-refractivity contribution in [2.45, 2.75) is 26.7 Å². The topological polar surface area (TPSA) is 76.3 Å². The first kappa shape index (κ1) is 26.0. The zero-order valence-corrected chi connectivity index (χ0v) is 24.3. The highest BCUT2D eigenvalue weighted by atomic mass is 32.1. The van der Waals surface area contributed by atoms with E-state index in [0.29, 0.717) is 0 Å². The summed E-state index contributed by atoms with van der Waals surface area (Å²) in [5.74, 6) is 0. The van der Waals surface area contributed by atoms with Gasteiger partial charge in [-0.05, 0) is 86.3 Å². The first-order valence-corrected chi connectivity index (χ1v) is 15.2. The number of aromatic nitrogens is 1. The highest BCUT2D eigenvalue weighted by molar-refractivity contribution is 7.20. The normalized spacial score (nSPS) is 12.8. The van der Waals surface area contributed by atoms with Gasteiger partial charge in [-0.15, -0.1) is 11.3 Å². The van der Waals surface area contributed by atoms with Crippen LogP contribution in [0.15, 0.2) is 84.2 Å². The Hall–Kier alpha value is -4.21. The number of anilines is 7. The maximum absolute atomic E-state index is 4.75. The Morgan fingerprint density at radius 2 is 1.43 bits per heavy atom. The lowest BCUT2D eigenvalue weighted by Crippen LogP contribution is -2.15. The van der Waals surface area contributed by atoms with Gasteiger partial charge in [-0.1, -0.05) is 41.7 Å². The molecule has 0 unspecified atom stereocenters. The Balaban J connectivity index is 1.02. The van der Waals surface area contributed by atoms with Crippen molar-refractivity contribution >= 4 is 60.6 Å². The SMILES string of the molecule is Cc1cc(NNc2ccc(N3CCCC3)s2)ccc1NNc1ccc(Nc2nc(-c3ccccc3)cs2)c(C)c1. The number of hydrogen-bond donors (Lipinski definition) is 5. The summed E-state index contributed by atoms with van der Waals surface area (Å²) < 4.78 is 0. The van der Waals surface area contributed by atoms with E-state index in [-0.39, 0.29) is 0 Å². The molecule has 3 heterocycles. The first-order chi connectivity index (χ1) is 19.6. The van der Waals surface area contributed by atoms with Gasteiger partial charge in [-0.2, -0.15) is 0 Å². The maximum Gasteiger partial charge on any atom is 0.187 e. The predicted octanol–water partition coefficient (Wildman–Crippen LogP) is 8.71. The van der Waals surface area contributed by atoms with Crippen molar-refractivity contribution in [1.29, 1.82) is 0 Å². The molecular formula is C31H33N7S2. The summed E-state index contributed by atoms with van der Waals surface area (Å²) in [6, 6.07) is 27.1. The molecule has 0 bridgehead atoms. The van der Waals surface area contributed by atoms with Gasteiger partial charge in [0.05, 0.1) is 27.8 Å². The highest BCUT2D eigenvalue weighted by Crippen LogP contribution is 2.33. The third-order valence-electron chi connectivity index (χ3n) is 6.95. The molecule has 0 saturated carbocycles. The minimum atomic E-state index is 0.880. The van der Waals surface area contributed by atoms with E-state index in [1.807, 2.05) is 18.2 Å². The number of aryl methyl sites for hydroxylation is 2. The van der Waals surface area contributed by atoms with E-state index in [0.717, 1.165) is 68.4 Å². The average molecular weight is 568 g/mol. The standard InChI is InChI=1S/C31H33N7S2/c1-21-18-24(10-12-26(21)32-31-33-28(20-39-31)23-8-4-3-5-9-23)34-36-27-13-11-25(19-22(27)2)35-37-29-14-15-30(40-29)38-16-6-7-17-38/h3-5,8-15,18-20,34-37H,6-7,16-17H2,1-2H3,(H,32,33). The van der Waals surface area contributed by atoms with Crippen LogP contribution in [0.25, 0.3) is 11.3 Å². The van der Waals surface area contributed by atoms with Crippen LogP contribution in [-0.2, 0) is 0 Å². The molecule has 0 spiro atoms. The summed E-state index contributed by atoms with van der Waals surface area (Å²) in [6.45, 7) is 6.53. The Labute approximate surface area is 243 Å². The van der Waals surface area contributed by atoms with Crippen LogP contribution in [0.1, 0.15) is 24.0 Å². The smallest absolute Gasteiger partial charge is 0.187 e. The molecule has 0 aliphatic carbocycles. The molecule has 1 saturated heterocycles. The quantitative estimate of drug-likeness (QED) is 0.108. The van der Waals surface area contributed by atoms with Gasteiger partial charge in [-0.3, -0.25) is 5.43 Å². The van der Waals surface area contributed by atoms with E-state index in [1.54, 1.807) is 22.7 Å². The zero-order chi connectivity index (χ0) is 27.3. The zero-order valence-electron chi connectivity index (χ0n) is 22.6. The van der Waals surface area contributed by atoms with Gasteiger partial charge in [0.25, 0.3) is 0 Å². The number of hydrogen-bond acceptors (Lipinski definition) is 9. The number of nitrogens with one attached hydrogen (secondary N) is 5. The lowest BCUT2D eigenvalue weighted by molar-refractivity contribution is 0.949. The predicted molar refractivity (Wildman–Crippen MR) is 173 cm³/mol. The van der Waals surface area contributed by atoms with Crippen molar-refractivity contribution in [2.24, 2.45) is 0 Å². The van der Waals surface area contributed by atoms with Gasteiger partial charge in [0.1, 0.15) is 5.00 Å². The van der Waals surface area contributed by atoms with Crippen molar-refractivity contribution in [3.8, 4) is 11.3 Å². The number of rotatable bonds is 10. The molecule has 1 aliphatic heterocycles. The summed E-state index contributed by atoms with van der Waals surface area (Å²) in [5.41, 5.74) is 21.8. The molecule has 6 rings (SSSR count). The summed E-state index contributed by atoms with van der Waals surface area (Å²) in [6.07, 6.45) is 2.58. The van der Waals surface area contributed by atoms with Crippen LogP contribution in [0.5, 0.6) is 0 Å². The summed E-state index contributed by atoms with van der Waals surface area (Å²) in [7, 11) is 0. The van der Waals surface area contributed by atoms with Gasteiger partial charge >= 0.3 is 0 Å². The van der Waals surface area contributed by atoms with E-state index in [2.05, 4.69) is 112 Å². The van der Waals surface area contributed by atoms with Crippen LogP contribution in [0, 0.1) is 13.8 Å². The van der Waals surface area contributed by atoms with Crippen LogP contribution in [0.4, 0.5) is 37.9 Å². The van der Waals surface area contributed by atoms with Gasteiger partial charge in [0, 0.05) is 29.7 Å². The fourth-order valence-electron chi connectivity index (χ4n) is 4.73. The second-order valence-corrected chi connectivity index (χ2v) is 11.8. The highest BCUT2D eigenvalue weighted by Gasteiger charge is 2.14. The van der Waals surface area contributed by atoms with Gasteiger partial charge in [-0.25, -0.2) is 4.98 Å². The molecule has 5 aromatic rings. The Bertz CT molecular complexity index is 1570. The fourth-order valence-corrected chi connectivity index (χ4v) is 6.37. The second-order valence-electron chi connectivity index (χ2n) is 9.92. The van der Waals surface area contributed by atoms with Crippen LogP contribution < -0.4 is 31.9 Å².